The molecule has 0 atom stereocenters. The largest absolute Gasteiger partial charge is 0.466 e. The lowest BCUT2D eigenvalue weighted by atomic mass is 10.6. The van der Waals surface area contributed by atoms with Gasteiger partial charge in [-0.15, -0.1) is 12.4 Å². The number of ether oxygens (including phenoxy) is 1. The maximum Gasteiger partial charge on any atom is 0.331 e. The average molecular weight is 198 g/mol. The van der Waals surface area contributed by atoms with E-state index in [-0.39, 0.29) is 12.4 Å². The monoisotopic (exact) mass is 197 g/mol. The van der Waals surface area contributed by atoms with E-state index in [9.17, 15) is 4.79 Å². The van der Waals surface area contributed by atoms with E-state index < -0.39 is 5.97 Å². The van der Waals surface area contributed by atoms with Gasteiger partial charge in [-0.1, -0.05) is 0 Å². The Morgan fingerprint density at radius 2 is 2.27 bits per heavy atom. The van der Waals surface area contributed by atoms with Gasteiger partial charge in [0.25, 0.3) is 5.11 Å². The number of quaternary nitrogens is 1. The van der Waals surface area contributed by atoms with Crippen molar-refractivity contribution >= 4 is 35.7 Å². The van der Waals surface area contributed by atoms with Crippen LogP contribution >= 0.6 is 24.6 Å². The molecule has 0 unspecified atom stereocenters. The van der Waals surface area contributed by atoms with Gasteiger partial charge in [-0.25, -0.2) is 4.79 Å². The summed E-state index contributed by atoms with van der Waals surface area (Å²) < 4.78 is 4.30. The molecular formula is C5H10ClN2O2S+. The molecule has 0 amide bonds. The number of esters is 1. The Hall–Kier alpha value is -0.650. The summed E-state index contributed by atoms with van der Waals surface area (Å²) in [5.74, 6) is -0.427. The van der Waals surface area contributed by atoms with E-state index in [1.807, 2.05) is 0 Å². The molecule has 11 heavy (non-hydrogen) atoms. The summed E-state index contributed by atoms with van der Waals surface area (Å²) in [4.78, 5) is 10.4. The first kappa shape index (κ1) is 13.0. The van der Waals surface area contributed by atoms with Gasteiger partial charge in [0.15, 0.2) is 0 Å². The lowest BCUT2D eigenvalue weighted by Crippen LogP contribution is -2.61. The van der Waals surface area contributed by atoms with Crippen LogP contribution in [0.5, 0.6) is 0 Å². The standard InChI is InChI=1S/C5H8N2O2S.ClH/c1-9-4(8)2-3-7-5(6)10;/h2-3H,1H3,(H3,6,7,10);1H/p+1/b3-2+;. The molecular weight excluding hydrogens is 188 g/mol. The Morgan fingerprint density at radius 1 is 1.73 bits per heavy atom. The van der Waals surface area contributed by atoms with Crippen molar-refractivity contribution in [3.63, 3.8) is 0 Å². The van der Waals surface area contributed by atoms with Crippen molar-refractivity contribution in [1.29, 1.82) is 0 Å². The normalized spacial score (nSPS) is 8.55. The molecule has 6 heteroatoms. The molecule has 0 fully saturated rings. The Bertz CT molecular complexity index is 172. The van der Waals surface area contributed by atoms with Gasteiger partial charge in [0.1, 0.15) is 0 Å². The van der Waals surface area contributed by atoms with Crippen LogP contribution in [-0.2, 0) is 9.53 Å². The number of nitrogens with one attached hydrogen (secondary N) is 1. The topological polar surface area (TPSA) is 66.0 Å². The van der Waals surface area contributed by atoms with E-state index >= 15 is 0 Å². The molecule has 0 radical (unpaired) electrons. The van der Waals surface area contributed by atoms with Crippen molar-refractivity contribution in [2.24, 2.45) is 0 Å². The van der Waals surface area contributed by atoms with Gasteiger partial charge in [0.05, 0.1) is 7.11 Å². The number of thiocarbonyl (C=S) groups is 1. The molecule has 0 aliphatic carbocycles. The molecule has 0 heterocycles. The number of hydrogen-bond acceptors (Lipinski definition) is 3. The molecule has 0 spiro atoms. The predicted octanol–water partition coefficient (Wildman–Crippen LogP) is -0.789. The molecule has 0 aromatic heterocycles. The summed E-state index contributed by atoms with van der Waals surface area (Å²) in [6.45, 7) is 0. The van der Waals surface area contributed by atoms with Gasteiger partial charge in [0.2, 0.25) is 0 Å². The molecule has 64 valence electrons. The van der Waals surface area contributed by atoms with E-state index in [1.54, 1.807) is 0 Å². The number of carbonyl (C=O) groups is 1. The number of methoxy groups -OCH3 is 1. The summed E-state index contributed by atoms with van der Waals surface area (Å²) >= 11 is 4.56. The van der Waals surface area contributed by atoms with Crippen LogP contribution in [0.1, 0.15) is 0 Å². The highest BCUT2D eigenvalue weighted by Gasteiger charge is 1.89. The highest BCUT2D eigenvalue weighted by atomic mass is 35.5. The highest BCUT2D eigenvalue weighted by Crippen LogP contribution is 1.73. The van der Waals surface area contributed by atoms with Gasteiger partial charge >= 0.3 is 5.97 Å². The van der Waals surface area contributed by atoms with Crippen LogP contribution in [0, 0.1) is 0 Å². The first-order chi connectivity index (χ1) is 4.66. The quantitative estimate of drug-likeness (QED) is 0.346. The van der Waals surface area contributed by atoms with E-state index in [0.29, 0.717) is 5.11 Å². The zero-order chi connectivity index (χ0) is 7.98. The van der Waals surface area contributed by atoms with E-state index in [1.165, 1.54) is 19.4 Å². The van der Waals surface area contributed by atoms with Crippen molar-refractivity contribution in [1.82, 2.24) is 5.32 Å². The molecule has 0 saturated carbocycles. The fourth-order valence-corrected chi connectivity index (χ4v) is 0.339. The van der Waals surface area contributed by atoms with Crippen LogP contribution in [0.3, 0.4) is 0 Å². The molecule has 0 saturated heterocycles. The minimum atomic E-state index is -0.427. The molecule has 4 nitrogen and oxygen atoms in total. The van der Waals surface area contributed by atoms with Gasteiger partial charge in [-0.2, -0.15) is 0 Å². The molecule has 0 bridgehead atoms. The smallest absolute Gasteiger partial charge is 0.331 e. The van der Waals surface area contributed by atoms with Crippen LogP contribution in [0.15, 0.2) is 12.3 Å². The summed E-state index contributed by atoms with van der Waals surface area (Å²) in [5, 5.41) is 2.91. The average Bonchev–Trinajstić information content (AvgIpc) is 1.87. The van der Waals surface area contributed by atoms with E-state index in [2.05, 4.69) is 28.0 Å². The molecule has 0 aliphatic rings. The van der Waals surface area contributed by atoms with E-state index in [4.69, 9.17) is 0 Å². The number of halogens is 1. The van der Waals surface area contributed by atoms with Crippen molar-refractivity contribution in [2.45, 2.75) is 0 Å². The van der Waals surface area contributed by atoms with Crippen molar-refractivity contribution in [2.75, 3.05) is 7.11 Å². The van der Waals surface area contributed by atoms with Crippen LogP contribution < -0.4 is 11.1 Å². The van der Waals surface area contributed by atoms with Crippen molar-refractivity contribution in [3.8, 4) is 0 Å². The van der Waals surface area contributed by atoms with Gasteiger partial charge in [-0.05, 0) is 0 Å². The second-order valence-corrected chi connectivity index (χ2v) is 1.92. The Morgan fingerprint density at radius 3 is 2.64 bits per heavy atom. The molecule has 0 aromatic rings. The summed E-state index contributed by atoms with van der Waals surface area (Å²) in [6.07, 6.45) is 2.60. The second kappa shape index (κ2) is 7.46. The van der Waals surface area contributed by atoms with Crippen molar-refractivity contribution in [3.05, 3.63) is 12.3 Å². The zero-order valence-corrected chi connectivity index (χ0v) is 7.63. The SMILES string of the molecule is COC(=O)/C=C/NC([NH3+])=S.Cl. The number of rotatable bonds is 2. The fourth-order valence-electron chi connectivity index (χ4n) is 0.271. The maximum absolute atomic E-state index is 10.4. The maximum atomic E-state index is 10.4. The number of hydrogen-bond donors (Lipinski definition) is 2. The third-order valence-corrected chi connectivity index (χ3v) is 0.783. The first-order valence-electron chi connectivity index (χ1n) is 2.53. The minimum absolute atomic E-state index is 0. The van der Waals surface area contributed by atoms with Gasteiger partial charge in [-0.3, -0.25) is 0 Å². The third-order valence-electron chi connectivity index (χ3n) is 0.665. The third kappa shape index (κ3) is 9.35. The molecule has 0 rings (SSSR count). The van der Waals surface area contributed by atoms with Crippen LogP contribution in [0.2, 0.25) is 0 Å². The van der Waals surface area contributed by atoms with Gasteiger partial charge < -0.3 is 15.8 Å². The van der Waals surface area contributed by atoms with E-state index in [0.717, 1.165) is 0 Å². The molecule has 4 N–H and O–H groups in total. The Labute approximate surface area is 76.2 Å². The summed E-state index contributed by atoms with van der Waals surface area (Å²) in [6, 6.07) is 0. The minimum Gasteiger partial charge on any atom is -0.466 e. The lowest BCUT2D eigenvalue weighted by molar-refractivity contribution is -0.213. The highest BCUT2D eigenvalue weighted by molar-refractivity contribution is 7.79. The predicted molar refractivity (Wildman–Crippen MR) is 47.0 cm³/mol. The van der Waals surface area contributed by atoms with Crippen LogP contribution in [0.4, 0.5) is 0 Å². The molecule has 0 aromatic carbocycles. The summed E-state index contributed by atoms with van der Waals surface area (Å²) in [7, 11) is 1.30. The molecule has 0 aliphatic heterocycles. The number of carbonyl (C=O) groups excluding carboxylic acids is 1. The van der Waals surface area contributed by atoms with Crippen molar-refractivity contribution < 1.29 is 15.3 Å². The zero-order valence-electron chi connectivity index (χ0n) is 5.99. The Balaban J connectivity index is 0. The van der Waals surface area contributed by atoms with Crippen LogP contribution in [0.25, 0.3) is 0 Å². The van der Waals surface area contributed by atoms with Crippen LogP contribution in [-0.4, -0.2) is 18.2 Å². The second-order valence-electron chi connectivity index (χ2n) is 1.42. The fraction of sp³-hybridized carbons (Fsp3) is 0.200. The first-order valence-corrected chi connectivity index (χ1v) is 2.94. The van der Waals surface area contributed by atoms with Gasteiger partial charge in [0, 0.05) is 24.5 Å². The summed E-state index contributed by atoms with van der Waals surface area (Å²) in [5.41, 5.74) is 3.38. The Kier molecular flexibility index (Phi) is 8.80. The lowest BCUT2D eigenvalue weighted by Gasteiger charge is -1.90.